The van der Waals surface area contributed by atoms with E-state index in [9.17, 15) is 9.59 Å². The van der Waals surface area contributed by atoms with Gasteiger partial charge in [0.1, 0.15) is 12.2 Å². The zero-order valence-corrected chi connectivity index (χ0v) is 9.14. The van der Waals surface area contributed by atoms with Crippen LogP contribution in [0.5, 0.6) is 0 Å². The summed E-state index contributed by atoms with van der Waals surface area (Å²) in [5.74, 6) is -1.07. The highest BCUT2D eigenvalue weighted by Crippen LogP contribution is 2.27. The second-order valence-corrected chi connectivity index (χ2v) is 4.30. The molecule has 0 amide bonds. The second-order valence-electron chi connectivity index (χ2n) is 4.30. The predicted octanol–water partition coefficient (Wildman–Crippen LogP) is 1.05. The minimum atomic E-state index is -0.546. The molecular formula is C11H12N2O4. The monoisotopic (exact) mass is 236 g/mol. The number of hydrogen-bond donors (Lipinski definition) is 1. The molecule has 2 heterocycles. The highest BCUT2D eigenvalue weighted by atomic mass is 16.6. The van der Waals surface area contributed by atoms with Gasteiger partial charge >= 0.3 is 11.9 Å². The number of hydrogen-bond acceptors (Lipinski definition) is 5. The third kappa shape index (κ3) is 1.69. The Hall–Kier alpha value is -1.85. The average molecular weight is 236 g/mol. The van der Waals surface area contributed by atoms with Gasteiger partial charge in [-0.25, -0.2) is 14.6 Å². The molecule has 1 aromatic rings. The Labute approximate surface area is 97.3 Å². The normalized spacial score (nSPS) is 28.2. The van der Waals surface area contributed by atoms with E-state index in [0.717, 1.165) is 25.7 Å². The highest BCUT2D eigenvalue weighted by molar-refractivity contribution is 6.00. The third-order valence-corrected chi connectivity index (χ3v) is 3.20. The number of nitrogens with zero attached hydrogens (tertiary/aromatic N) is 1. The molecule has 2 aliphatic rings. The lowest BCUT2D eigenvalue weighted by Crippen LogP contribution is -2.40. The number of esters is 2. The molecule has 2 atom stereocenters. The van der Waals surface area contributed by atoms with Gasteiger partial charge in [-0.15, -0.1) is 0 Å². The summed E-state index contributed by atoms with van der Waals surface area (Å²) in [5, 5.41) is 0. The van der Waals surface area contributed by atoms with E-state index in [1.807, 2.05) is 0 Å². The smallest absolute Gasteiger partial charge is 0.359 e. The molecule has 1 fully saturated rings. The first kappa shape index (κ1) is 10.3. The van der Waals surface area contributed by atoms with Crippen LogP contribution in [0.2, 0.25) is 0 Å². The molecule has 3 rings (SSSR count). The molecule has 1 aliphatic heterocycles. The summed E-state index contributed by atoms with van der Waals surface area (Å²) in [5.41, 5.74) is 0.0954. The van der Waals surface area contributed by atoms with Crippen molar-refractivity contribution in [2.45, 2.75) is 37.9 Å². The molecule has 0 radical (unpaired) electrons. The molecule has 0 saturated heterocycles. The SMILES string of the molecule is O=C1OC2CCCCC2OC(=O)c2[nH]cnc21. The summed E-state index contributed by atoms with van der Waals surface area (Å²) in [6, 6.07) is 0. The Morgan fingerprint density at radius 2 is 1.76 bits per heavy atom. The molecular weight excluding hydrogens is 224 g/mol. The standard InChI is InChI=1S/C11H12N2O4/c14-10-8-9(13-5-12-8)11(15)17-7-4-2-1-3-6(7)16-10/h5-7H,1-4H2,(H,12,13). The zero-order valence-electron chi connectivity index (χ0n) is 9.14. The van der Waals surface area contributed by atoms with Gasteiger partial charge in [-0.1, -0.05) is 0 Å². The van der Waals surface area contributed by atoms with Gasteiger partial charge in [0.05, 0.1) is 6.33 Å². The van der Waals surface area contributed by atoms with E-state index in [4.69, 9.17) is 9.47 Å². The highest BCUT2D eigenvalue weighted by Gasteiger charge is 2.37. The van der Waals surface area contributed by atoms with Gasteiger partial charge < -0.3 is 14.5 Å². The van der Waals surface area contributed by atoms with Crippen molar-refractivity contribution in [3.05, 3.63) is 17.7 Å². The topological polar surface area (TPSA) is 81.3 Å². The molecule has 0 aromatic carbocycles. The van der Waals surface area contributed by atoms with Crippen molar-refractivity contribution < 1.29 is 19.1 Å². The van der Waals surface area contributed by atoms with E-state index in [2.05, 4.69) is 9.97 Å². The molecule has 0 bridgehead atoms. The third-order valence-electron chi connectivity index (χ3n) is 3.20. The van der Waals surface area contributed by atoms with E-state index < -0.39 is 11.9 Å². The van der Waals surface area contributed by atoms with Crippen LogP contribution >= 0.6 is 0 Å². The molecule has 17 heavy (non-hydrogen) atoms. The summed E-state index contributed by atoms with van der Waals surface area (Å²) in [4.78, 5) is 30.0. The van der Waals surface area contributed by atoms with Gasteiger partial charge in [0.15, 0.2) is 11.4 Å². The summed E-state index contributed by atoms with van der Waals surface area (Å²) < 4.78 is 10.7. The fourth-order valence-electron chi connectivity index (χ4n) is 2.33. The van der Waals surface area contributed by atoms with Crippen molar-refractivity contribution in [3.8, 4) is 0 Å². The number of carbonyl (C=O) groups excluding carboxylic acids is 2. The Bertz CT molecular complexity index is 427. The summed E-state index contributed by atoms with van der Waals surface area (Å²) in [6.45, 7) is 0. The van der Waals surface area contributed by atoms with Crippen molar-refractivity contribution in [1.29, 1.82) is 0 Å². The van der Waals surface area contributed by atoms with Gasteiger partial charge in [0.25, 0.3) is 0 Å². The van der Waals surface area contributed by atoms with E-state index in [1.54, 1.807) is 0 Å². The fraction of sp³-hybridized carbons (Fsp3) is 0.545. The fourth-order valence-corrected chi connectivity index (χ4v) is 2.33. The summed E-state index contributed by atoms with van der Waals surface area (Å²) >= 11 is 0. The molecule has 2 unspecified atom stereocenters. The van der Waals surface area contributed by atoms with Gasteiger partial charge in [0.2, 0.25) is 0 Å². The maximum absolute atomic E-state index is 11.8. The number of imidazole rings is 1. The van der Waals surface area contributed by atoms with E-state index >= 15 is 0 Å². The van der Waals surface area contributed by atoms with Crippen molar-refractivity contribution in [3.63, 3.8) is 0 Å². The molecule has 1 saturated carbocycles. The van der Waals surface area contributed by atoms with Gasteiger partial charge in [0, 0.05) is 0 Å². The number of rotatable bonds is 0. The van der Waals surface area contributed by atoms with E-state index in [0.29, 0.717) is 0 Å². The van der Waals surface area contributed by atoms with Crippen molar-refractivity contribution >= 4 is 11.9 Å². The lowest BCUT2D eigenvalue weighted by molar-refractivity contribution is -0.0552. The van der Waals surface area contributed by atoms with Gasteiger partial charge in [-0.05, 0) is 25.7 Å². The van der Waals surface area contributed by atoms with Crippen LogP contribution in [0.25, 0.3) is 0 Å². The quantitative estimate of drug-likeness (QED) is 0.681. The minimum absolute atomic E-state index is 0.0130. The lowest BCUT2D eigenvalue weighted by atomic mass is 9.94. The van der Waals surface area contributed by atoms with Gasteiger partial charge in [-0.3, -0.25) is 0 Å². The maximum atomic E-state index is 11.8. The van der Waals surface area contributed by atoms with Crippen molar-refractivity contribution in [2.75, 3.05) is 0 Å². The molecule has 1 aliphatic carbocycles. The average Bonchev–Trinajstić information content (AvgIpc) is 2.79. The van der Waals surface area contributed by atoms with Crippen LogP contribution in [0.4, 0.5) is 0 Å². The van der Waals surface area contributed by atoms with Crippen LogP contribution in [-0.4, -0.2) is 34.1 Å². The van der Waals surface area contributed by atoms with Crippen molar-refractivity contribution in [2.24, 2.45) is 0 Å². The number of aromatic amines is 1. The summed E-state index contributed by atoms with van der Waals surface area (Å²) in [6.07, 6.45) is 4.10. The molecule has 1 aromatic heterocycles. The first-order valence-electron chi connectivity index (χ1n) is 5.71. The first-order chi connectivity index (χ1) is 8.25. The number of fused-ring (bicyclic) bond motifs is 2. The predicted molar refractivity (Wildman–Crippen MR) is 55.5 cm³/mol. The number of carbonyl (C=O) groups is 2. The molecule has 6 heteroatoms. The van der Waals surface area contributed by atoms with Crippen LogP contribution in [-0.2, 0) is 9.47 Å². The Morgan fingerprint density at radius 3 is 2.47 bits per heavy atom. The molecule has 1 N–H and O–H groups in total. The number of H-pyrrole nitrogens is 1. The molecule has 6 nitrogen and oxygen atoms in total. The molecule has 90 valence electrons. The molecule has 0 spiro atoms. The Morgan fingerprint density at radius 1 is 1.12 bits per heavy atom. The number of nitrogens with one attached hydrogen (secondary N) is 1. The van der Waals surface area contributed by atoms with Crippen LogP contribution in [0.1, 0.15) is 46.7 Å². The Kier molecular flexibility index (Phi) is 2.35. The lowest BCUT2D eigenvalue weighted by Gasteiger charge is -2.31. The van der Waals surface area contributed by atoms with Crippen LogP contribution in [0.15, 0.2) is 6.33 Å². The van der Waals surface area contributed by atoms with Crippen LogP contribution < -0.4 is 0 Å². The van der Waals surface area contributed by atoms with Crippen LogP contribution in [0, 0.1) is 0 Å². The van der Waals surface area contributed by atoms with E-state index in [1.165, 1.54) is 6.33 Å². The van der Waals surface area contributed by atoms with Crippen LogP contribution in [0.3, 0.4) is 0 Å². The van der Waals surface area contributed by atoms with Gasteiger partial charge in [-0.2, -0.15) is 0 Å². The zero-order chi connectivity index (χ0) is 11.8. The Balaban J connectivity index is 1.96. The van der Waals surface area contributed by atoms with Crippen molar-refractivity contribution in [1.82, 2.24) is 9.97 Å². The second kappa shape index (κ2) is 3.87. The largest absolute Gasteiger partial charge is 0.454 e. The first-order valence-corrected chi connectivity index (χ1v) is 5.71. The number of aromatic nitrogens is 2. The minimum Gasteiger partial charge on any atom is -0.454 e. The van der Waals surface area contributed by atoms with E-state index in [-0.39, 0.29) is 23.6 Å². The maximum Gasteiger partial charge on any atom is 0.359 e. The number of ether oxygens (including phenoxy) is 2. The summed E-state index contributed by atoms with van der Waals surface area (Å²) in [7, 11) is 0.